The number of aryl methyl sites for hydroxylation is 1. The molecule has 0 radical (unpaired) electrons. The maximum Gasteiger partial charge on any atom is 0.224 e. The molecule has 1 N–H and O–H groups in total. The van der Waals surface area contributed by atoms with Crippen LogP contribution in [0, 0.1) is 0 Å². The Bertz CT molecular complexity index is 325. The molecule has 1 atom stereocenters. The standard InChI is InChI=1S/C9H14N4O2/c14-8-1-4-12(7-8)9(15)2-5-13-6-3-10-11-13/h3,6,8,14H,1-2,4-5,7H2. The first-order chi connectivity index (χ1) is 7.25. The Kier molecular flexibility index (Phi) is 2.96. The lowest BCUT2D eigenvalue weighted by atomic mass is 10.3. The van der Waals surface area contributed by atoms with Gasteiger partial charge in [0, 0.05) is 25.7 Å². The zero-order valence-electron chi connectivity index (χ0n) is 8.41. The van der Waals surface area contributed by atoms with Crippen LogP contribution in [0.3, 0.4) is 0 Å². The lowest BCUT2D eigenvalue weighted by Crippen LogP contribution is -2.30. The molecule has 1 aliphatic heterocycles. The lowest BCUT2D eigenvalue weighted by molar-refractivity contribution is -0.130. The Morgan fingerprint density at radius 2 is 2.47 bits per heavy atom. The number of nitrogens with zero attached hydrogens (tertiary/aromatic N) is 4. The first-order valence-electron chi connectivity index (χ1n) is 5.05. The normalized spacial score (nSPS) is 20.9. The molecule has 1 unspecified atom stereocenters. The van der Waals surface area contributed by atoms with Crippen molar-refractivity contribution in [3.8, 4) is 0 Å². The molecule has 82 valence electrons. The number of carbonyl (C=O) groups excluding carboxylic acids is 1. The smallest absolute Gasteiger partial charge is 0.224 e. The predicted octanol–water partition coefficient (Wildman–Crippen LogP) is -0.739. The summed E-state index contributed by atoms with van der Waals surface area (Å²) >= 11 is 0. The zero-order chi connectivity index (χ0) is 10.7. The molecule has 0 aliphatic carbocycles. The molecule has 0 saturated carbocycles. The van der Waals surface area contributed by atoms with Gasteiger partial charge in [0.1, 0.15) is 0 Å². The minimum atomic E-state index is -0.347. The summed E-state index contributed by atoms with van der Waals surface area (Å²) < 4.78 is 1.63. The van der Waals surface area contributed by atoms with Crippen molar-refractivity contribution in [3.63, 3.8) is 0 Å². The van der Waals surface area contributed by atoms with Crippen LogP contribution in [0.4, 0.5) is 0 Å². The summed E-state index contributed by atoms with van der Waals surface area (Å²) in [6, 6.07) is 0. The quantitative estimate of drug-likeness (QED) is 0.713. The van der Waals surface area contributed by atoms with Crippen molar-refractivity contribution in [2.75, 3.05) is 13.1 Å². The van der Waals surface area contributed by atoms with E-state index in [4.69, 9.17) is 0 Å². The average Bonchev–Trinajstić information content (AvgIpc) is 2.84. The van der Waals surface area contributed by atoms with Gasteiger partial charge in [0.05, 0.1) is 18.8 Å². The summed E-state index contributed by atoms with van der Waals surface area (Å²) in [6.07, 6.45) is 4.07. The van der Waals surface area contributed by atoms with Gasteiger partial charge >= 0.3 is 0 Å². The molecule has 1 fully saturated rings. The first kappa shape index (κ1) is 10.1. The molecule has 0 spiro atoms. The maximum atomic E-state index is 11.6. The third kappa shape index (κ3) is 2.53. The Balaban J connectivity index is 1.78. The molecule has 1 aromatic heterocycles. The molecule has 2 rings (SSSR count). The highest BCUT2D eigenvalue weighted by Gasteiger charge is 2.23. The summed E-state index contributed by atoms with van der Waals surface area (Å²) in [5, 5.41) is 16.7. The van der Waals surface area contributed by atoms with Crippen LogP contribution in [0.2, 0.25) is 0 Å². The van der Waals surface area contributed by atoms with Crippen LogP contribution in [-0.4, -0.2) is 50.1 Å². The summed E-state index contributed by atoms with van der Waals surface area (Å²) in [5.41, 5.74) is 0. The number of amides is 1. The summed E-state index contributed by atoms with van der Waals surface area (Å²) in [4.78, 5) is 13.3. The number of likely N-dealkylation sites (tertiary alicyclic amines) is 1. The summed E-state index contributed by atoms with van der Waals surface area (Å²) in [7, 11) is 0. The van der Waals surface area contributed by atoms with Crippen molar-refractivity contribution < 1.29 is 9.90 Å². The van der Waals surface area contributed by atoms with Crippen LogP contribution in [0.1, 0.15) is 12.8 Å². The van der Waals surface area contributed by atoms with Gasteiger partial charge in [-0.1, -0.05) is 5.21 Å². The summed E-state index contributed by atoms with van der Waals surface area (Å²) in [5.74, 6) is 0.0713. The fraction of sp³-hybridized carbons (Fsp3) is 0.667. The number of aliphatic hydroxyl groups excluding tert-OH is 1. The maximum absolute atomic E-state index is 11.6. The molecule has 1 aliphatic rings. The second-order valence-corrected chi connectivity index (χ2v) is 3.70. The topological polar surface area (TPSA) is 71.2 Å². The molecule has 1 aromatic rings. The lowest BCUT2D eigenvalue weighted by Gasteiger charge is -2.14. The molecule has 1 saturated heterocycles. The number of hydrogen-bond acceptors (Lipinski definition) is 4. The van der Waals surface area contributed by atoms with Crippen molar-refractivity contribution in [1.82, 2.24) is 19.9 Å². The van der Waals surface area contributed by atoms with E-state index in [1.165, 1.54) is 0 Å². The highest BCUT2D eigenvalue weighted by Crippen LogP contribution is 2.10. The van der Waals surface area contributed by atoms with Crippen LogP contribution < -0.4 is 0 Å². The number of aliphatic hydroxyl groups is 1. The van der Waals surface area contributed by atoms with Gasteiger partial charge in [-0.05, 0) is 6.42 Å². The van der Waals surface area contributed by atoms with E-state index < -0.39 is 0 Å². The third-order valence-electron chi connectivity index (χ3n) is 2.54. The SMILES string of the molecule is O=C(CCn1ccnn1)N1CCC(O)C1. The second kappa shape index (κ2) is 4.39. The van der Waals surface area contributed by atoms with Crippen molar-refractivity contribution in [2.45, 2.75) is 25.5 Å². The zero-order valence-corrected chi connectivity index (χ0v) is 8.41. The van der Waals surface area contributed by atoms with E-state index in [1.807, 2.05) is 0 Å². The van der Waals surface area contributed by atoms with Gasteiger partial charge in [0.2, 0.25) is 5.91 Å². The van der Waals surface area contributed by atoms with E-state index in [0.717, 1.165) is 0 Å². The Hall–Kier alpha value is -1.43. The van der Waals surface area contributed by atoms with Gasteiger partial charge in [-0.2, -0.15) is 0 Å². The largest absolute Gasteiger partial charge is 0.391 e. The van der Waals surface area contributed by atoms with E-state index in [2.05, 4.69) is 10.3 Å². The summed E-state index contributed by atoms with van der Waals surface area (Å²) in [6.45, 7) is 1.68. The van der Waals surface area contributed by atoms with Gasteiger partial charge < -0.3 is 10.0 Å². The van der Waals surface area contributed by atoms with E-state index in [1.54, 1.807) is 22.0 Å². The molecular weight excluding hydrogens is 196 g/mol. The molecule has 0 bridgehead atoms. The number of β-amino-alcohol motifs (C(OH)–C–C–N with tert-alkyl or cyclic N) is 1. The fourth-order valence-electron chi connectivity index (χ4n) is 1.69. The molecule has 15 heavy (non-hydrogen) atoms. The average molecular weight is 210 g/mol. The Morgan fingerprint density at radius 3 is 3.07 bits per heavy atom. The van der Waals surface area contributed by atoms with Crippen LogP contribution in [0.25, 0.3) is 0 Å². The number of hydrogen-bond donors (Lipinski definition) is 1. The molecule has 1 amide bonds. The van der Waals surface area contributed by atoms with E-state index >= 15 is 0 Å². The van der Waals surface area contributed by atoms with Crippen molar-refractivity contribution in [3.05, 3.63) is 12.4 Å². The number of carbonyl (C=O) groups is 1. The van der Waals surface area contributed by atoms with Gasteiger partial charge in [0.25, 0.3) is 0 Å². The molecule has 2 heterocycles. The molecule has 6 heteroatoms. The minimum Gasteiger partial charge on any atom is -0.391 e. The highest BCUT2D eigenvalue weighted by atomic mass is 16.3. The highest BCUT2D eigenvalue weighted by molar-refractivity contribution is 5.76. The van der Waals surface area contributed by atoms with Crippen LogP contribution in [0.15, 0.2) is 12.4 Å². The Labute approximate surface area is 87.5 Å². The number of rotatable bonds is 3. The van der Waals surface area contributed by atoms with E-state index in [9.17, 15) is 9.90 Å². The molecule has 6 nitrogen and oxygen atoms in total. The van der Waals surface area contributed by atoms with Crippen LogP contribution >= 0.6 is 0 Å². The van der Waals surface area contributed by atoms with Crippen LogP contribution in [-0.2, 0) is 11.3 Å². The van der Waals surface area contributed by atoms with Crippen molar-refractivity contribution >= 4 is 5.91 Å². The van der Waals surface area contributed by atoms with Crippen molar-refractivity contribution in [1.29, 1.82) is 0 Å². The minimum absolute atomic E-state index is 0.0713. The van der Waals surface area contributed by atoms with Gasteiger partial charge in [-0.3, -0.25) is 9.48 Å². The van der Waals surface area contributed by atoms with Gasteiger partial charge in [0.15, 0.2) is 0 Å². The fourth-order valence-corrected chi connectivity index (χ4v) is 1.69. The number of aromatic nitrogens is 3. The first-order valence-corrected chi connectivity index (χ1v) is 5.05. The predicted molar refractivity (Wildman–Crippen MR) is 51.8 cm³/mol. The van der Waals surface area contributed by atoms with E-state index in [-0.39, 0.29) is 12.0 Å². The van der Waals surface area contributed by atoms with E-state index in [0.29, 0.717) is 32.5 Å². The second-order valence-electron chi connectivity index (χ2n) is 3.70. The Morgan fingerprint density at radius 1 is 1.60 bits per heavy atom. The van der Waals surface area contributed by atoms with Crippen molar-refractivity contribution in [2.24, 2.45) is 0 Å². The monoisotopic (exact) mass is 210 g/mol. The van der Waals surface area contributed by atoms with Crippen LogP contribution in [0.5, 0.6) is 0 Å². The molecule has 0 aromatic carbocycles. The molecular formula is C9H14N4O2. The third-order valence-corrected chi connectivity index (χ3v) is 2.54. The van der Waals surface area contributed by atoms with Gasteiger partial charge in [-0.15, -0.1) is 5.10 Å². The van der Waals surface area contributed by atoms with Gasteiger partial charge in [-0.25, -0.2) is 0 Å².